The molecular weight excluding hydrogens is 190 g/mol. The first-order valence-corrected chi connectivity index (χ1v) is 5.20. The van der Waals surface area contributed by atoms with Crippen LogP contribution >= 0.6 is 0 Å². The third-order valence-electron chi connectivity index (χ3n) is 2.92. The Labute approximate surface area is 89.1 Å². The number of carbonyl (C=O) groups excluding carboxylic acids is 1. The van der Waals surface area contributed by atoms with Crippen LogP contribution in [-0.2, 0) is 6.42 Å². The smallest absolute Gasteiger partial charge is 0.150 e. The summed E-state index contributed by atoms with van der Waals surface area (Å²) in [5.74, 6) is 0. The van der Waals surface area contributed by atoms with E-state index >= 15 is 0 Å². The maximum atomic E-state index is 10.8. The van der Waals surface area contributed by atoms with Crippen LogP contribution in [0.4, 0.5) is 0 Å². The molecule has 2 N–H and O–H groups in total. The van der Waals surface area contributed by atoms with Gasteiger partial charge in [0.1, 0.15) is 6.29 Å². The first kappa shape index (κ1) is 10.3. The van der Waals surface area contributed by atoms with Gasteiger partial charge in [0, 0.05) is 18.5 Å². The molecular formula is C12H15NO2. The molecule has 1 aliphatic heterocycles. The highest BCUT2D eigenvalue weighted by atomic mass is 16.3. The molecule has 1 aliphatic rings. The number of aldehydes is 1. The number of rotatable bonds is 3. The molecule has 1 atom stereocenters. The van der Waals surface area contributed by atoms with Gasteiger partial charge in [0.05, 0.1) is 5.60 Å². The fraction of sp³-hybridized carbons (Fsp3) is 0.417. The first-order valence-electron chi connectivity index (χ1n) is 5.20. The van der Waals surface area contributed by atoms with Crippen LogP contribution < -0.4 is 5.32 Å². The van der Waals surface area contributed by atoms with E-state index in [0.717, 1.165) is 24.8 Å². The Bertz CT molecular complexity index is 356. The van der Waals surface area contributed by atoms with E-state index < -0.39 is 5.60 Å². The Balaban J connectivity index is 2.19. The Morgan fingerprint density at radius 3 is 2.93 bits per heavy atom. The van der Waals surface area contributed by atoms with Crippen molar-refractivity contribution in [2.75, 3.05) is 13.1 Å². The SMILES string of the molecule is O=Cc1ccccc1CC1(O)CCNC1. The first-order chi connectivity index (χ1) is 7.23. The zero-order chi connectivity index (χ0) is 10.7. The van der Waals surface area contributed by atoms with Crippen LogP contribution in [0.5, 0.6) is 0 Å². The van der Waals surface area contributed by atoms with E-state index in [1.54, 1.807) is 6.07 Å². The molecule has 3 nitrogen and oxygen atoms in total. The second-order valence-electron chi connectivity index (χ2n) is 4.14. The molecule has 1 fully saturated rings. The van der Waals surface area contributed by atoms with Gasteiger partial charge in [-0.05, 0) is 18.5 Å². The van der Waals surface area contributed by atoms with E-state index in [0.29, 0.717) is 18.5 Å². The van der Waals surface area contributed by atoms with Crippen molar-refractivity contribution in [3.63, 3.8) is 0 Å². The normalized spacial score (nSPS) is 25.4. The van der Waals surface area contributed by atoms with E-state index in [1.807, 2.05) is 18.2 Å². The van der Waals surface area contributed by atoms with Crippen molar-refractivity contribution in [3.8, 4) is 0 Å². The molecule has 15 heavy (non-hydrogen) atoms. The summed E-state index contributed by atoms with van der Waals surface area (Å²) in [6, 6.07) is 7.42. The topological polar surface area (TPSA) is 49.3 Å². The Morgan fingerprint density at radius 2 is 2.27 bits per heavy atom. The maximum Gasteiger partial charge on any atom is 0.150 e. The molecule has 0 spiro atoms. The number of hydrogen-bond donors (Lipinski definition) is 2. The average Bonchev–Trinajstić information content (AvgIpc) is 2.66. The lowest BCUT2D eigenvalue weighted by Gasteiger charge is -2.21. The molecule has 0 aliphatic carbocycles. The summed E-state index contributed by atoms with van der Waals surface area (Å²) >= 11 is 0. The quantitative estimate of drug-likeness (QED) is 0.716. The second kappa shape index (κ2) is 4.13. The number of hydrogen-bond acceptors (Lipinski definition) is 3. The van der Waals surface area contributed by atoms with Crippen molar-refractivity contribution in [1.82, 2.24) is 5.32 Å². The highest BCUT2D eigenvalue weighted by Crippen LogP contribution is 2.21. The molecule has 0 amide bonds. The van der Waals surface area contributed by atoms with Crippen LogP contribution in [0.25, 0.3) is 0 Å². The van der Waals surface area contributed by atoms with Gasteiger partial charge in [0.2, 0.25) is 0 Å². The second-order valence-corrected chi connectivity index (χ2v) is 4.14. The molecule has 3 heteroatoms. The molecule has 1 unspecified atom stereocenters. The summed E-state index contributed by atoms with van der Waals surface area (Å²) < 4.78 is 0. The zero-order valence-electron chi connectivity index (χ0n) is 8.57. The highest BCUT2D eigenvalue weighted by Gasteiger charge is 2.31. The Kier molecular flexibility index (Phi) is 2.84. The van der Waals surface area contributed by atoms with E-state index in [1.165, 1.54) is 0 Å². The minimum absolute atomic E-state index is 0.551. The van der Waals surface area contributed by atoms with Gasteiger partial charge in [0.15, 0.2) is 0 Å². The number of nitrogens with one attached hydrogen (secondary N) is 1. The minimum Gasteiger partial charge on any atom is -0.388 e. The van der Waals surface area contributed by atoms with Gasteiger partial charge < -0.3 is 10.4 Å². The third kappa shape index (κ3) is 2.25. The van der Waals surface area contributed by atoms with Crippen molar-refractivity contribution in [2.45, 2.75) is 18.4 Å². The van der Waals surface area contributed by atoms with Crippen LogP contribution in [0.3, 0.4) is 0 Å². The maximum absolute atomic E-state index is 10.8. The summed E-state index contributed by atoms with van der Waals surface area (Å²) in [4.78, 5) is 10.8. The van der Waals surface area contributed by atoms with Crippen LogP contribution in [-0.4, -0.2) is 30.1 Å². The van der Waals surface area contributed by atoms with E-state index in [-0.39, 0.29) is 0 Å². The summed E-state index contributed by atoms with van der Waals surface area (Å²) in [6.07, 6.45) is 2.15. The van der Waals surface area contributed by atoms with Gasteiger partial charge in [-0.3, -0.25) is 4.79 Å². The van der Waals surface area contributed by atoms with Crippen molar-refractivity contribution in [3.05, 3.63) is 35.4 Å². The number of benzene rings is 1. The minimum atomic E-state index is -0.681. The van der Waals surface area contributed by atoms with Crippen LogP contribution in [0, 0.1) is 0 Å². The van der Waals surface area contributed by atoms with Crippen LogP contribution in [0.15, 0.2) is 24.3 Å². The average molecular weight is 205 g/mol. The Morgan fingerprint density at radius 1 is 1.47 bits per heavy atom. The van der Waals surface area contributed by atoms with Gasteiger partial charge in [-0.2, -0.15) is 0 Å². The van der Waals surface area contributed by atoms with Crippen molar-refractivity contribution in [1.29, 1.82) is 0 Å². The molecule has 80 valence electrons. The lowest BCUT2D eigenvalue weighted by Crippen LogP contribution is -2.34. The molecule has 0 bridgehead atoms. The summed E-state index contributed by atoms with van der Waals surface area (Å²) in [6.45, 7) is 1.46. The van der Waals surface area contributed by atoms with Gasteiger partial charge >= 0.3 is 0 Å². The van der Waals surface area contributed by atoms with E-state index in [9.17, 15) is 9.90 Å². The lowest BCUT2D eigenvalue weighted by molar-refractivity contribution is 0.0617. The predicted molar refractivity (Wildman–Crippen MR) is 58.0 cm³/mol. The summed E-state index contributed by atoms with van der Waals surface area (Å²) in [5.41, 5.74) is 0.926. The third-order valence-corrected chi connectivity index (χ3v) is 2.92. The van der Waals surface area contributed by atoms with Crippen molar-refractivity contribution < 1.29 is 9.90 Å². The van der Waals surface area contributed by atoms with Crippen molar-refractivity contribution >= 4 is 6.29 Å². The molecule has 1 aromatic carbocycles. The molecule has 1 heterocycles. The number of β-amino-alcohol motifs (C(OH)–C–C–N with tert-alkyl or cyclic N) is 1. The van der Waals surface area contributed by atoms with Crippen LogP contribution in [0.2, 0.25) is 0 Å². The predicted octanol–water partition coefficient (Wildman–Crippen LogP) is 0.766. The fourth-order valence-corrected chi connectivity index (χ4v) is 2.05. The highest BCUT2D eigenvalue weighted by molar-refractivity contribution is 5.77. The van der Waals surface area contributed by atoms with Gasteiger partial charge in [-0.15, -0.1) is 0 Å². The van der Waals surface area contributed by atoms with Crippen molar-refractivity contribution in [2.24, 2.45) is 0 Å². The fourth-order valence-electron chi connectivity index (χ4n) is 2.05. The standard InChI is InChI=1S/C12H15NO2/c14-8-11-4-2-1-3-10(11)7-12(15)5-6-13-9-12/h1-4,8,13,15H,5-7,9H2. The van der Waals surface area contributed by atoms with E-state index in [4.69, 9.17) is 0 Å². The molecule has 0 aromatic heterocycles. The van der Waals surface area contributed by atoms with E-state index in [2.05, 4.69) is 5.32 Å². The van der Waals surface area contributed by atoms with Gasteiger partial charge in [0.25, 0.3) is 0 Å². The molecule has 1 saturated heterocycles. The summed E-state index contributed by atoms with van der Waals surface area (Å²) in [7, 11) is 0. The van der Waals surface area contributed by atoms with Gasteiger partial charge in [-0.1, -0.05) is 24.3 Å². The lowest BCUT2D eigenvalue weighted by atomic mass is 9.91. The largest absolute Gasteiger partial charge is 0.388 e. The molecule has 1 aromatic rings. The number of carbonyl (C=O) groups is 1. The van der Waals surface area contributed by atoms with Gasteiger partial charge in [-0.25, -0.2) is 0 Å². The summed E-state index contributed by atoms with van der Waals surface area (Å²) in [5, 5.41) is 13.3. The number of aliphatic hydroxyl groups is 1. The molecule has 0 saturated carbocycles. The molecule has 0 radical (unpaired) electrons. The zero-order valence-corrected chi connectivity index (χ0v) is 8.57. The molecule has 2 rings (SSSR count). The Hall–Kier alpha value is -1.19. The monoisotopic (exact) mass is 205 g/mol. The van der Waals surface area contributed by atoms with Crippen LogP contribution in [0.1, 0.15) is 22.3 Å².